The van der Waals surface area contributed by atoms with Crippen LogP contribution in [-0.4, -0.2) is 16.8 Å². The van der Waals surface area contributed by atoms with Crippen LogP contribution in [0.4, 0.5) is 0 Å². The zero-order valence-electron chi connectivity index (χ0n) is 24.9. The smallest absolute Gasteiger partial charge is 0.127 e. The molecule has 37 heavy (non-hydrogen) atoms. The number of hydrogen-bond acceptors (Lipinski definition) is 2. The van der Waals surface area contributed by atoms with E-state index in [1.165, 1.54) is 89.0 Å². The van der Waals surface area contributed by atoms with Gasteiger partial charge in [0.25, 0.3) is 0 Å². The third-order valence-corrected chi connectivity index (χ3v) is 7.44. The van der Waals surface area contributed by atoms with Crippen molar-refractivity contribution < 1.29 is 9.84 Å². The summed E-state index contributed by atoms with van der Waals surface area (Å²) >= 11 is 0. The van der Waals surface area contributed by atoms with Gasteiger partial charge in [-0.1, -0.05) is 153 Å². The first-order valence-electron chi connectivity index (χ1n) is 16.0. The molecule has 0 amide bonds. The molecule has 0 bridgehead atoms. The molecule has 1 unspecified atom stereocenters. The van der Waals surface area contributed by atoms with Gasteiger partial charge in [-0.15, -0.1) is 5.92 Å². The van der Waals surface area contributed by atoms with Crippen LogP contribution in [0.3, 0.4) is 0 Å². The number of hydrogen-bond donors (Lipinski definition) is 1. The first kappa shape index (κ1) is 33.7. The van der Waals surface area contributed by atoms with Gasteiger partial charge in [-0.25, -0.2) is 0 Å². The molecule has 0 aromatic heterocycles. The molecule has 2 atom stereocenters. The highest BCUT2D eigenvalue weighted by Gasteiger charge is 2.28. The highest BCUT2D eigenvalue weighted by atomic mass is 16.5. The average molecular weight is 513 g/mol. The Balaban J connectivity index is 2.58. The Morgan fingerprint density at radius 1 is 0.703 bits per heavy atom. The van der Waals surface area contributed by atoms with E-state index < -0.39 is 5.60 Å². The largest absolute Gasteiger partial charge is 0.378 e. The number of unbranched alkanes of at least 4 members (excludes halogenated alkanes) is 15. The summed E-state index contributed by atoms with van der Waals surface area (Å²) in [7, 11) is 0. The van der Waals surface area contributed by atoms with E-state index in [1.54, 1.807) is 0 Å². The summed E-state index contributed by atoms with van der Waals surface area (Å²) in [6.45, 7) is 7.33. The number of benzene rings is 1. The van der Waals surface area contributed by atoms with Gasteiger partial charge in [0.05, 0.1) is 12.7 Å². The fourth-order valence-corrected chi connectivity index (χ4v) is 5.02. The van der Waals surface area contributed by atoms with Gasteiger partial charge in [0, 0.05) is 12.8 Å². The predicted octanol–water partition coefficient (Wildman–Crippen LogP) is 10.6. The van der Waals surface area contributed by atoms with E-state index in [4.69, 9.17) is 4.74 Å². The van der Waals surface area contributed by atoms with Crippen LogP contribution in [0.2, 0.25) is 0 Å². The lowest BCUT2D eigenvalue weighted by molar-refractivity contribution is -0.0272. The van der Waals surface area contributed by atoms with E-state index in [2.05, 4.69) is 56.9 Å². The van der Waals surface area contributed by atoms with Gasteiger partial charge >= 0.3 is 0 Å². The highest BCUT2D eigenvalue weighted by molar-refractivity contribution is 5.15. The van der Waals surface area contributed by atoms with Crippen LogP contribution < -0.4 is 0 Å². The average Bonchev–Trinajstić information content (AvgIpc) is 2.91. The summed E-state index contributed by atoms with van der Waals surface area (Å²) in [6, 6.07) is 10.4. The van der Waals surface area contributed by atoms with Crippen LogP contribution >= 0.6 is 0 Å². The number of aliphatic hydroxyl groups is 1. The summed E-state index contributed by atoms with van der Waals surface area (Å²) in [6.07, 6.45) is 25.1. The van der Waals surface area contributed by atoms with Crippen LogP contribution in [0.5, 0.6) is 0 Å². The van der Waals surface area contributed by atoms with Crippen molar-refractivity contribution in [3.05, 3.63) is 35.9 Å². The van der Waals surface area contributed by atoms with Gasteiger partial charge in [0.1, 0.15) is 5.60 Å². The second-order valence-electron chi connectivity index (χ2n) is 11.2. The van der Waals surface area contributed by atoms with E-state index in [-0.39, 0.29) is 6.10 Å². The molecule has 1 aromatic rings. The van der Waals surface area contributed by atoms with E-state index in [0.29, 0.717) is 13.0 Å². The second-order valence-corrected chi connectivity index (χ2v) is 11.2. The Kier molecular flexibility index (Phi) is 21.7. The van der Waals surface area contributed by atoms with Gasteiger partial charge in [-0.3, -0.25) is 0 Å². The number of ether oxygens (including phenoxy) is 1. The van der Waals surface area contributed by atoms with E-state index in [9.17, 15) is 5.11 Å². The Labute approximate surface area is 231 Å². The van der Waals surface area contributed by atoms with Crippen LogP contribution in [0.1, 0.15) is 161 Å². The molecular weight excluding hydrogens is 452 g/mol. The van der Waals surface area contributed by atoms with Crippen molar-refractivity contribution >= 4 is 0 Å². The minimum absolute atomic E-state index is 0.0512. The molecule has 0 aliphatic heterocycles. The Morgan fingerprint density at radius 3 is 1.86 bits per heavy atom. The molecule has 2 nitrogen and oxygen atoms in total. The van der Waals surface area contributed by atoms with Gasteiger partial charge in [0.15, 0.2) is 0 Å². The lowest BCUT2D eigenvalue weighted by Gasteiger charge is -2.28. The van der Waals surface area contributed by atoms with Crippen molar-refractivity contribution in [1.29, 1.82) is 0 Å². The molecule has 0 saturated carbocycles. The van der Waals surface area contributed by atoms with Crippen LogP contribution in [0.25, 0.3) is 0 Å². The lowest BCUT2D eigenvalue weighted by Crippen LogP contribution is -2.33. The van der Waals surface area contributed by atoms with E-state index in [1.807, 2.05) is 6.07 Å². The highest BCUT2D eigenvalue weighted by Crippen LogP contribution is 2.26. The maximum absolute atomic E-state index is 11.6. The first-order chi connectivity index (χ1) is 18.1. The molecule has 1 aromatic carbocycles. The van der Waals surface area contributed by atoms with Crippen molar-refractivity contribution in [3.63, 3.8) is 0 Å². The first-order valence-corrected chi connectivity index (χ1v) is 16.0. The lowest BCUT2D eigenvalue weighted by atomic mass is 9.88. The zero-order chi connectivity index (χ0) is 26.9. The Hall–Kier alpha value is -1.30. The molecule has 0 spiro atoms. The Bertz CT molecular complexity index is 673. The van der Waals surface area contributed by atoms with Crippen molar-refractivity contribution in [3.8, 4) is 11.8 Å². The minimum atomic E-state index is -0.930. The summed E-state index contributed by atoms with van der Waals surface area (Å²) in [5.74, 6) is 6.63. The summed E-state index contributed by atoms with van der Waals surface area (Å²) in [4.78, 5) is 0. The van der Waals surface area contributed by atoms with E-state index >= 15 is 0 Å². The summed E-state index contributed by atoms with van der Waals surface area (Å²) < 4.78 is 6.44. The van der Waals surface area contributed by atoms with Gasteiger partial charge in [-0.2, -0.15) is 0 Å². The van der Waals surface area contributed by atoms with Gasteiger partial charge in [0.2, 0.25) is 0 Å². The topological polar surface area (TPSA) is 29.5 Å². The van der Waals surface area contributed by atoms with Crippen molar-refractivity contribution in [2.45, 2.75) is 174 Å². The minimum Gasteiger partial charge on any atom is -0.378 e. The van der Waals surface area contributed by atoms with Crippen LogP contribution in [0.15, 0.2) is 30.3 Å². The van der Waals surface area contributed by atoms with Crippen LogP contribution in [-0.2, 0) is 11.3 Å². The molecule has 1 rings (SSSR count). The molecule has 0 saturated heterocycles. The van der Waals surface area contributed by atoms with Gasteiger partial charge < -0.3 is 9.84 Å². The SMILES string of the molecule is CCCCCC#CC(O)(CCCCC)C[C@H](CCCCCCCCCCCCC)OCc1ccccc1. The molecule has 2 heteroatoms. The zero-order valence-corrected chi connectivity index (χ0v) is 24.9. The Morgan fingerprint density at radius 2 is 1.24 bits per heavy atom. The summed E-state index contributed by atoms with van der Waals surface area (Å²) in [5, 5.41) is 11.6. The third kappa shape index (κ3) is 19.4. The molecule has 0 aliphatic rings. The monoisotopic (exact) mass is 512 g/mol. The van der Waals surface area contributed by atoms with Gasteiger partial charge in [-0.05, 0) is 31.2 Å². The molecule has 0 fully saturated rings. The predicted molar refractivity (Wildman–Crippen MR) is 162 cm³/mol. The third-order valence-electron chi connectivity index (χ3n) is 7.44. The van der Waals surface area contributed by atoms with E-state index in [0.717, 1.165) is 44.9 Å². The van der Waals surface area contributed by atoms with Crippen molar-refractivity contribution in [1.82, 2.24) is 0 Å². The normalized spacial score (nSPS) is 13.6. The molecule has 212 valence electrons. The second kappa shape index (κ2) is 23.8. The quantitative estimate of drug-likeness (QED) is 0.110. The maximum Gasteiger partial charge on any atom is 0.127 e. The molecule has 1 N–H and O–H groups in total. The van der Waals surface area contributed by atoms with Crippen molar-refractivity contribution in [2.75, 3.05) is 0 Å². The number of rotatable bonds is 24. The van der Waals surface area contributed by atoms with Crippen LogP contribution in [0, 0.1) is 11.8 Å². The molecule has 0 heterocycles. The fraction of sp³-hybridized carbons (Fsp3) is 0.771. The molecule has 0 radical (unpaired) electrons. The fourth-order valence-electron chi connectivity index (χ4n) is 5.02. The standard InChI is InChI=1S/C35H60O2/c1-4-7-10-12-13-14-15-16-17-18-23-28-34(37-32-33-26-21-20-22-27-33)31-35(36,29-24-9-6-3)30-25-19-11-8-5-2/h20-22,26-27,34,36H,4-19,23-24,28-29,31-32H2,1-3H3/t34-,35?/m0/s1. The summed E-state index contributed by atoms with van der Waals surface area (Å²) in [5.41, 5.74) is 0.271. The maximum atomic E-state index is 11.6. The molecular formula is C35H60O2. The molecule has 0 aliphatic carbocycles. The van der Waals surface area contributed by atoms with Crippen molar-refractivity contribution in [2.24, 2.45) is 0 Å².